The number of hydrogen-bond acceptors (Lipinski definition) is 4. The van der Waals surface area contributed by atoms with Crippen LogP contribution in [0.3, 0.4) is 0 Å². The smallest absolute Gasteiger partial charge is 0.220 e. The minimum absolute atomic E-state index is 0.325. The van der Waals surface area contributed by atoms with Crippen LogP contribution in [-0.4, -0.2) is 15.0 Å². The summed E-state index contributed by atoms with van der Waals surface area (Å²) >= 11 is 3.57. The second kappa shape index (κ2) is 5.88. The van der Waals surface area contributed by atoms with Crippen molar-refractivity contribution in [2.75, 3.05) is 5.73 Å². The molecule has 4 aromatic rings. The van der Waals surface area contributed by atoms with Gasteiger partial charge in [-0.25, -0.2) is 9.97 Å². The Balaban J connectivity index is 1.79. The van der Waals surface area contributed by atoms with E-state index in [9.17, 15) is 0 Å². The molecule has 1 aliphatic carbocycles. The standard InChI is InChI=1S/C21H15BrN4/c22-15-5-6-16-12(11-15)3-8-18-19(16)20(26-21(23)25-18)14-4-7-17-13(10-14)2-1-9-24-17/h1-2,4-7,9-11H,3,8H2,(H2,23,25,26). The van der Waals surface area contributed by atoms with Gasteiger partial charge >= 0.3 is 0 Å². The van der Waals surface area contributed by atoms with Gasteiger partial charge in [-0.3, -0.25) is 4.98 Å². The minimum atomic E-state index is 0.325. The zero-order valence-corrected chi connectivity index (χ0v) is 15.5. The molecule has 0 amide bonds. The monoisotopic (exact) mass is 402 g/mol. The molecule has 0 spiro atoms. The summed E-state index contributed by atoms with van der Waals surface area (Å²) in [6.07, 6.45) is 3.63. The third-order valence-corrected chi connectivity index (χ3v) is 5.34. The molecule has 4 nitrogen and oxygen atoms in total. The summed E-state index contributed by atoms with van der Waals surface area (Å²) < 4.78 is 1.09. The van der Waals surface area contributed by atoms with E-state index in [0.717, 1.165) is 50.7 Å². The third kappa shape index (κ3) is 2.47. The first-order valence-electron chi connectivity index (χ1n) is 8.49. The molecule has 0 bridgehead atoms. The molecule has 26 heavy (non-hydrogen) atoms. The Kier molecular flexibility index (Phi) is 3.50. The lowest BCUT2D eigenvalue weighted by molar-refractivity contribution is 0.888. The van der Waals surface area contributed by atoms with E-state index in [1.807, 2.05) is 12.1 Å². The number of anilines is 1. The summed E-state index contributed by atoms with van der Waals surface area (Å²) in [4.78, 5) is 13.5. The maximum Gasteiger partial charge on any atom is 0.220 e. The fraction of sp³-hybridized carbons (Fsp3) is 0.0952. The van der Waals surface area contributed by atoms with Crippen molar-refractivity contribution >= 4 is 32.8 Å². The van der Waals surface area contributed by atoms with E-state index < -0.39 is 0 Å². The van der Waals surface area contributed by atoms with Crippen molar-refractivity contribution in [1.29, 1.82) is 0 Å². The Morgan fingerprint density at radius 3 is 2.81 bits per heavy atom. The van der Waals surface area contributed by atoms with Crippen LogP contribution in [0.5, 0.6) is 0 Å². The summed E-state index contributed by atoms with van der Waals surface area (Å²) in [5, 5.41) is 1.09. The normalized spacial score (nSPS) is 12.7. The molecule has 0 unspecified atom stereocenters. The molecule has 0 aliphatic heterocycles. The van der Waals surface area contributed by atoms with E-state index in [4.69, 9.17) is 5.73 Å². The molecule has 2 aromatic carbocycles. The molecule has 0 fully saturated rings. The van der Waals surface area contributed by atoms with Gasteiger partial charge in [-0.1, -0.05) is 34.1 Å². The van der Waals surface area contributed by atoms with Crippen LogP contribution in [0.25, 0.3) is 33.3 Å². The van der Waals surface area contributed by atoms with Gasteiger partial charge in [-0.2, -0.15) is 0 Å². The Morgan fingerprint density at radius 2 is 1.88 bits per heavy atom. The maximum absolute atomic E-state index is 6.03. The first-order chi connectivity index (χ1) is 12.7. The fourth-order valence-corrected chi connectivity index (χ4v) is 4.10. The molecule has 0 saturated heterocycles. The first kappa shape index (κ1) is 15.5. The van der Waals surface area contributed by atoms with Crippen LogP contribution < -0.4 is 5.73 Å². The van der Waals surface area contributed by atoms with Crippen LogP contribution in [-0.2, 0) is 12.8 Å². The van der Waals surface area contributed by atoms with Crippen molar-refractivity contribution in [3.8, 4) is 22.4 Å². The molecule has 126 valence electrons. The van der Waals surface area contributed by atoms with E-state index in [-0.39, 0.29) is 0 Å². The van der Waals surface area contributed by atoms with Crippen molar-refractivity contribution in [3.05, 3.63) is 70.5 Å². The average Bonchev–Trinajstić information content (AvgIpc) is 2.66. The average molecular weight is 403 g/mol. The van der Waals surface area contributed by atoms with Gasteiger partial charge < -0.3 is 5.73 Å². The highest BCUT2D eigenvalue weighted by Crippen LogP contribution is 2.40. The van der Waals surface area contributed by atoms with Crippen molar-refractivity contribution < 1.29 is 0 Å². The lowest BCUT2D eigenvalue weighted by atomic mass is 9.86. The van der Waals surface area contributed by atoms with E-state index in [2.05, 4.69) is 67.3 Å². The van der Waals surface area contributed by atoms with Gasteiger partial charge in [0.1, 0.15) is 0 Å². The van der Waals surface area contributed by atoms with E-state index in [1.54, 1.807) is 6.20 Å². The maximum atomic E-state index is 6.03. The molecular weight excluding hydrogens is 388 g/mol. The van der Waals surface area contributed by atoms with E-state index >= 15 is 0 Å². The van der Waals surface area contributed by atoms with Gasteiger partial charge in [0.05, 0.1) is 16.9 Å². The summed E-state index contributed by atoms with van der Waals surface area (Å²) in [6, 6.07) is 16.6. The molecule has 0 saturated carbocycles. The first-order valence-corrected chi connectivity index (χ1v) is 9.29. The molecule has 5 rings (SSSR count). The number of aryl methyl sites for hydroxylation is 2. The summed E-state index contributed by atoms with van der Waals surface area (Å²) in [6.45, 7) is 0. The molecule has 2 N–H and O–H groups in total. The van der Waals surface area contributed by atoms with Crippen LogP contribution in [0.15, 0.2) is 59.2 Å². The van der Waals surface area contributed by atoms with Crippen LogP contribution in [0, 0.1) is 0 Å². The highest BCUT2D eigenvalue weighted by atomic mass is 79.9. The Labute approximate surface area is 159 Å². The van der Waals surface area contributed by atoms with Crippen molar-refractivity contribution in [3.63, 3.8) is 0 Å². The number of nitrogens with two attached hydrogens (primary N) is 1. The number of pyridine rings is 1. The van der Waals surface area contributed by atoms with Gasteiger partial charge in [0.25, 0.3) is 0 Å². The number of benzene rings is 2. The second-order valence-corrected chi connectivity index (χ2v) is 7.38. The Morgan fingerprint density at radius 1 is 0.962 bits per heavy atom. The number of nitrogens with zero attached hydrogens (tertiary/aromatic N) is 3. The highest BCUT2D eigenvalue weighted by molar-refractivity contribution is 9.10. The minimum Gasteiger partial charge on any atom is -0.368 e. The molecule has 0 atom stereocenters. The number of halogens is 1. The quantitative estimate of drug-likeness (QED) is 0.496. The molecule has 2 heterocycles. The van der Waals surface area contributed by atoms with E-state index in [0.29, 0.717) is 5.95 Å². The molecule has 1 aliphatic rings. The number of hydrogen-bond donors (Lipinski definition) is 1. The molecule has 2 aromatic heterocycles. The number of aromatic nitrogens is 3. The summed E-state index contributed by atoms with van der Waals surface area (Å²) in [5.74, 6) is 0.325. The molecule has 0 radical (unpaired) electrons. The zero-order chi connectivity index (χ0) is 17.7. The van der Waals surface area contributed by atoms with Crippen LogP contribution in [0.1, 0.15) is 11.3 Å². The van der Waals surface area contributed by atoms with Gasteiger partial charge in [-0.15, -0.1) is 0 Å². The van der Waals surface area contributed by atoms with Crippen molar-refractivity contribution in [2.24, 2.45) is 0 Å². The lowest BCUT2D eigenvalue weighted by Gasteiger charge is -2.22. The van der Waals surface area contributed by atoms with Crippen molar-refractivity contribution in [1.82, 2.24) is 15.0 Å². The Hall–Kier alpha value is -2.79. The second-order valence-electron chi connectivity index (χ2n) is 6.46. The van der Waals surface area contributed by atoms with Gasteiger partial charge in [0.15, 0.2) is 0 Å². The predicted octanol–water partition coefficient (Wildman–Crippen LogP) is 4.80. The summed E-state index contributed by atoms with van der Waals surface area (Å²) in [7, 11) is 0. The Bertz CT molecular complexity index is 1170. The van der Waals surface area contributed by atoms with Crippen LogP contribution in [0.2, 0.25) is 0 Å². The zero-order valence-electron chi connectivity index (χ0n) is 13.9. The lowest BCUT2D eigenvalue weighted by Crippen LogP contribution is -2.11. The topological polar surface area (TPSA) is 64.7 Å². The SMILES string of the molecule is Nc1nc2c(c(-c3ccc4ncccc4c3)n1)-c1ccc(Br)cc1CC2. The molecule has 5 heteroatoms. The highest BCUT2D eigenvalue weighted by Gasteiger charge is 2.23. The van der Waals surface area contributed by atoms with Gasteiger partial charge in [-0.05, 0) is 54.3 Å². The summed E-state index contributed by atoms with van der Waals surface area (Å²) in [5.41, 5.74) is 13.5. The fourth-order valence-electron chi connectivity index (χ4n) is 3.69. The van der Waals surface area contributed by atoms with Crippen molar-refractivity contribution in [2.45, 2.75) is 12.8 Å². The van der Waals surface area contributed by atoms with Crippen LogP contribution >= 0.6 is 15.9 Å². The predicted molar refractivity (Wildman–Crippen MR) is 108 cm³/mol. The molecular formula is C21H15BrN4. The van der Waals surface area contributed by atoms with Gasteiger partial charge in [0, 0.05) is 27.2 Å². The number of rotatable bonds is 1. The number of fused-ring (bicyclic) bond motifs is 4. The van der Waals surface area contributed by atoms with E-state index in [1.165, 1.54) is 11.1 Å². The van der Waals surface area contributed by atoms with Gasteiger partial charge in [0.2, 0.25) is 5.95 Å². The number of nitrogen functional groups attached to an aromatic ring is 1. The third-order valence-electron chi connectivity index (χ3n) is 4.85. The van der Waals surface area contributed by atoms with Crippen LogP contribution in [0.4, 0.5) is 5.95 Å². The largest absolute Gasteiger partial charge is 0.368 e.